The van der Waals surface area contributed by atoms with Crippen molar-refractivity contribution in [1.29, 1.82) is 0 Å². The number of rotatable bonds is 4. The molecule has 0 aromatic heterocycles. The Balaban J connectivity index is 2.90. The van der Waals surface area contributed by atoms with Crippen molar-refractivity contribution in [2.75, 3.05) is 11.9 Å². The first kappa shape index (κ1) is 11.3. The number of halogens is 1. The van der Waals surface area contributed by atoms with Crippen LogP contribution in [-0.4, -0.2) is 17.8 Å². The van der Waals surface area contributed by atoms with Gasteiger partial charge in [0.2, 0.25) is 0 Å². The Bertz CT molecular complexity index is 304. The second-order valence-electron chi connectivity index (χ2n) is 3.20. The van der Waals surface area contributed by atoms with Crippen LogP contribution in [0, 0.1) is 0 Å². The molecule has 0 aliphatic carbocycles. The van der Waals surface area contributed by atoms with Crippen molar-refractivity contribution < 1.29 is 5.11 Å². The van der Waals surface area contributed by atoms with E-state index < -0.39 is 0 Å². The van der Waals surface area contributed by atoms with Crippen LogP contribution < -0.4 is 11.1 Å². The largest absolute Gasteiger partial charge is 0.394 e. The normalized spacial score (nSPS) is 12.6. The highest BCUT2D eigenvalue weighted by Gasteiger charge is 2.07. The highest BCUT2D eigenvalue weighted by atomic mass is 35.5. The van der Waals surface area contributed by atoms with E-state index in [9.17, 15) is 0 Å². The highest BCUT2D eigenvalue weighted by molar-refractivity contribution is 6.31. The summed E-state index contributed by atoms with van der Waals surface area (Å²) in [5.41, 5.74) is 7.36. The quantitative estimate of drug-likeness (QED) is 0.714. The Morgan fingerprint density at radius 2 is 2.29 bits per heavy atom. The third-order valence-corrected chi connectivity index (χ3v) is 2.35. The summed E-state index contributed by atoms with van der Waals surface area (Å²) in [4.78, 5) is 0. The van der Waals surface area contributed by atoms with E-state index in [2.05, 4.69) is 5.32 Å². The number of nitrogens with one attached hydrogen (secondary N) is 1. The van der Waals surface area contributed by atoms with E-state index in [1.165, 1.54) is 0 Å². The molecule has 4 heteroatoms. The van der Waals surface area contributed by atoms with Crippen LogP contribution in [0.2, 0.25) is 5.02 Å². The van der Waals surface area contributed by atoms with Crippen LogP contribution >= 0.6 is 11.6 Å². The Labute approximate surface area is 88.9 Å². The molecule has 0 saturated heterocycles. The van der Waals surface area contributed by atoms with E-state index in [-0.39, 0.29) is 12.6 Å². The monoisotopic (exact) mass is 214 g/mol. The van der Waals surface area contributed by atoms with Crippen molar-refractivity contribution in [1.82, 2.24) is 0 Å². The molecule has 0 aliphatic heterocycles. The average molecular weight is 215 g/mol. The number of anilines is 1. The van der Waals surface area contributed by atoms with E-state index >= 15 is 0 Å². The van der Waals surface area contributed by atoms with Gasteiger partial charge in [0, 0.05) is 28.9 Å². The third kappa shape index (κ3) is 2.61. The van der Waals surface area contributed by atoms with Gasteiger partial charge >= 0.3 is 0 Å². The fourth-order valence-electron chi connectivity index (χ4n) is 1.21. The SMILES string of the molecule is CC(CO)Nc1cccc(Cl)c1CN. The summed E-state index contributed by atoms with van der Waals surface area (Å²) in [6.45, 7) is 2.36. The summed E-state index contributed by atoms with van der Waals surface area (Å²) in [7, 11) is 0. The minimum absolute atomic E-state index is 0.00114. The van der Waals surface area contributed by atoms with Crippen molar-refractivity contribution in [3.8, 4) is 0 Å². The molecule has 78 valence electrons. The van der Waals surface area contributed by atoms with Crippen LogP contribution in [0.3, 0.4) is 0 Å². The molecule has 14 heavy (non-hydrogen) atoms. The van der Waals surface area contributed by atoms with Crippen molar-refractivity contribution in [2.45, 2.75) is 19.5 Å². The molecule has 0 spiro atoms. The Kier molecular flexibility index (Phi) is 4.20. The van der Waals surface area contributed by atoms with E-state index in [4.69, 9.17) is 22.4 Å². The lowest BCUT2D eigenvalue weighted by Crippen LogP contribution is -2.20. The minimum Gasteiger partial charge on any atom is -0.394 e. The van der Waals surface area contributed by atoms with E-state index in [0.717, 1.165) is 11.3 Å². The highest BCUT2D eigenvalue weighted by Crippen LogP contribution is 2.24. The van der Waals surface area contributed by atoms with Gasteiger partial charge in [0.25, 0.3) is 0 Å². The lowest BCUT2D eigenvalue weighted by Gasteiger charge is -2.16. The summed E-state index contributed by atoms with van der Waals surface area (Å²) in [5.74, 6) is 0. The van der Waals surface area contributed by atoms with Crippen LogP contribution in [0.4, 0.5) is 5.69 Å². The zero-order valence-electron chi connectivity index (χ0n) is 8.13. The van der Waals surface area contributed by atoms with Gasteiger partial charge < -0.3 is 16.2 Å². The molecule has 1 atom stereocenters. The molecule has 0 radical (unpaired) electrons. The molecule has 0 bridgehead atoms. The molecular weight excluding hydrogens is 200 g/mol. The summed E-state index contributed by atoms with van der Waals surface area (Å²) in [6.07, 6.45) is 0. The van der Waals surface area contributed by atoms with Gasteiger partial charge in [0.1, 0.15) is 0 Å². The first-order valence-corrected chi connectivity index (χ1v) is 4.91. The Hall–Kier alpha value is -0.770. The van der Waals surface area contributed by atoms with Crippen molar-refractivity contribution in [3.05, 3.63) is 28.8 Å². The maximum Gasteiger partial charge on any atom is 0.0630 e. The maximum atomic E-state index is 8.90. The summed E-state index contributed by atoms with van der Waals surface area (Å²) in [6, 6.07) is 5.56. The zero-order valence-corrected chi connectivity index (χ0v) is 8.88. The second-order valence-corrected chi connectivity index (χ2v) is 3.61. The van der Waals surface area contributed by atoms with Crippen LogP contribution in [-0.2, 0) is 6.54 Å². The van der Waals surface area contributed by atoms with Gasteiger partial charge in [-0.05, 0) is 19.1 Å². The summed E-state index contributed by atoms with van der Waals surface area (Å²) in [5, 5.41) is 12.7. The van der Waals surface area contributed by atoms with Gasteiger partial charge in [0.15, 0.2) is 0 Å². The number of hydrogen-bond acceptors (Lipinski definition) is 3. The van der Waals surface area contributed by atoms with Gasteiger partial charge in [-0.2, -0.15) is 0 Å². The smallest absolute Gasteiger partial charge is 0.0630 e. The molecule has 1 aromatic rings. The topological polar surface area (TPSA) is 58.3 Å². The molecule has 0 heterocycles. The molecule has 4 N–H and O–H groups in total. The van der Waals surface area contributed by atoms with Gasteiger partial charge in [-0.3, -0.25) is 0 Å². The molecular formula is C10H15ClN2O. The minimum atomic E-state index is -0.00114. The lowest BCUT2D eigenvalue weighted by atomic mass is 10.1. The predicted octanol–water partition coefficient (Wildman–Crippen LogP) is 1.59. The van der Waals surface area contributed by atoms with E-state index in [0.29, 0.717) is 11.6 Å². The predicted molar refractivity (Wildman–Crippen MR) is 59.5 cm³/mol. The fourth-order valence-corrected chi connectivity index (χ4v) is 1.46. The van der Waals surface area contributed by atoms with E-state index in [1.807, 2.05) is 19.1 Å². The first-order chi connectivity index (χ1) is 6.69. The maximum absolute atomic E-state index is 8.90. The third-order valence-electron chi connectivity index (χ3n) is 2.00. The van der Waals surface area contributed by atoms with Crippen LogP contribution in [0.25, 0.3) is 0 Å². The van der Waals surface area contributed by atoms with Crippen LogP contribution in [0.5, 0.6) is 0 Å². The molecule has 0 aliphatic rings. The number of hydrogen-bond donors (Lipinski definition) is 3. The van der Waals surface area contributed by atoms with E-state index in [1.54, 1.807) is 6.07 Å². The number of benzene rings is 1. The average Bonchev–Trinajstić information content (AvgIpc) is 2.18. The van der Waals surface area contributed by atoms with Gasteiger partial charge in [-0.1, -0.05) is 17.7 Å². The van der Waals surface area contributed by atoms with Crippen LogP contribution in [0.1, 0.15) is 12.5 Å². The van der Waals surface area contributed by atoms with Crippen molar-refractivity contribution >= 4 is 17.3 Å². The lowest BCUT2D eigenvalue weighted by molar-refractivity contribution is 0.281. The molecule has 3 nitrogen and oxygen atoms in total. The van der Waals surface area contributed by atoms with Gasteiger partial charge in [0.05, 0.1) is 6.61 Å². The van der Waals surface area contributed by atoms with Gasteiger partial charge in [-0.25, -0.2) is 0 Å². The van der Waals surface area contributed by atoms with Crippen LogP contribution in [0.15, 0.2) is 18.2 Å². The molecule has 0 fully saturated rings. The summed E-state index contributed by atoms with van der Waals surface area (Å²) >= 11 is 5.97. The number of nitrogens with two attached hydrogens (primary N) is 1. The number of aliphatic hydroxyl groups is 1. The Morgan fingerprint density at radius 1 is 1.57 bits per heavy atom. The van der Waals surface area contributed by atoms with Gasteiger partial charge in [-0.15, -0.1) is 0 Å². The second kappa shape index (κ2) is 5.20. The fraction of sp³-hybridized carbons (Fsp3) is 0.400. The molecule has 1 unspecified atom stereocenters. The van der Waals surface area contributed by atoms with Crippen molar-refractivity contribution in [3.63, 3.8) is 0 Å². The molecule has 1 rings (SSSR count). The molecule has 1 aromatic carbocycles. The number of aliphatic hydroxyl groups excluding tert-OH is 1. The summed E-state index contributed by atoms with van der Waals surface area (Å²) < 4.78 is 0. The standard InChI is InChI=1S/C10H15ClN2O/c1-7(6-14)13-10-4-2-3-9(11)8(10)5-12/h2-4,7,13-14H,5-6,12H2,1H3. The molecule has 0 saturated carbocycles. The first-order valence-electron chi connectivity index (χ1n) is 4.54. The zero-order chi connectivity index (χ0) is 10.6. The Morgan fingerprint density at radius 3 is 2.86 bits per heavy atom. The van der Waals surface area contributed by atoms with Crippen molar-refractivity contribution in [2.24, 2.45) is 5.73 Å². The molecule has 0 amide bonds.